The van der Waals surface area contributed by atoms with E-state index < -0.39 is 8.60 Å². The predicted molar refractivity (Wildman–Crippen MR) is 283 cm³/mol. The van der Waals surface area contributed by atoms with Gasteiger partial charge in [0.15, 0.2) is 0 Å². The molecule has 0 aliphatic rings. The van der Waals surface area contributed by atoms with Crippen LogP contribution in [0.2, 0.25) is 0 Å². The Morgan fingerprint density at radius 1 is 0.281 bits per heavy atom. The summed E-state index contributed by atoms with van der Waals surface area (Å²) in [5.41, 5.74) is 7.58. The van der Waals surface area contributed by atoms with Crippen molar-refractivity contribution in [1.29, 1.82) is 0 Å². The third-order valence-corrected chi connectivity index (χ3v) is 14.5. The molecule has 3 nitrogen and oxygen atoms in total. The molecule has 0 aromatic heterocycles. The van der Waals surface area contributed by atoms with E-state index in [1.807, 2.05) is 0 Å². The van der Waals surface area contributed by atoms with Crippen LogP contribution in [0.25, 0.3) is 0 Å². The van der Waals surface area contributed by atoms with Gasteiger partial charge in [-0.15, -0.1) is 0 Å². The van der Waals surface area contributed by atoms with E-state index in [4.69, 9.17) is 13.6 Å². The first-order valence-corrected chi connectivity index (χ1v) is 28.7. The SMILES string of the molecule is CCCCCCCCCCCCCc1ccc(OP(Oc2ccc(CCCCCCCCCCCCC)cc2C)Oc2ccc(CCCCCCCCCCCCC)cc2C)c(C)c1. The van der Waals surface area contributed by atoms with Crippen molar-refractivity contribution in [3.8, 4) is 17.2 Å². The zero-order valence-corrected chi connectivity index (χ0v) is 43.7. The highest BCUT2D eigenvalue weighted by molar-refractivity contribution is 7.43. The van der Waals surface area contributed by atoms with Crippen molar-refractivity contribution in [1.82, 2.24) is 0 Å². The van der Waals surface area contributed by atoms with Gasteiger partial charge in [0, 0.05) is 0 Å². The number of hydrogen-bond acceptors (Lipinski definition) is 3. The molecule has 0 saturated heterocycles. The van der Waals surface area contributed by atoms with Gasteiger partial charge in [-0.2, -0.15) is 0 Å². The highest BCUT2D eigenvalue weighted by Crippen LogP contribution is 2.45. The number of unbranched alkanes of at least 4 members (excludes halogenated alkanes) is 30. The van der Waals surface area contributed by atoms with E-state index in [9.17, 15) is 0 Å². The second-order valence-electron chi connectivity index (χ2n) is 19.7. The minimum absolute atomic E-state index is 0.838. The lowest BCUT2D eigenvalue weighted by Gasteiger charge is -2.21. The van der Waals surface area contributed by atoms with Gasteiger partial charge >= 0.3 is 8.60 Å². The topological polar surface area (TPSA) is 27.7 Å². The number of rotatable bonds is 42. The Balaban J connectivity index is 1.54. The van der Waals surface area contributed by atoms with Crippen LogP contribution in [-0.4, -0.2) is 0 Å². The molecule has 3 aromatic rings. The van der Waals surface area contributed by atoms with Crippen LogP contribution in [-0.2, 0) is 19.3 Å². The minimum atomic E-state index is -1.75. The Labute approximate surface area is 398 Å². The molecule has 362 valence electrons. The first kappa shape index (κ1) is 55.8. The van der Waals surface area contributed by atoms with Crippen LogP contribution in [0, 0.1) is 20.8 Å². The smallest absolute Gasteiger partial charge is 0.408 e. The fourth-order valence-corrected chi connectivity index (χ4v) is 10.4. The van der Waals surface area contributed by atoms with Crippen LogP contribution < -0.4 is 13.6 Å². The zero-order chi connectivity index (χ0) is 45.7. The molecule has 0 amide bonds. The molecule has 0 heterocycles. The van der Waals surface area contributed by atoms with Gasteiger partial charge in [-0.25, -0.2) is 0 Å². The standard InChI is InChI=1S/C60H99O3P/c1-7-10-13-16-19-22-25-28-31-34-37-40-55-43-46-58(52(4)49-55)61-64(62-59-47-44-56(50-53(59)5)41-38-35-32-29-26-23-20-17-14-11-8-2)63-60-48-45-57(51-54(60)6)42-39-36-33-30-27-24-21-18-15-12-9-3/h43-51H,7-42H2,1-6H3. The summed E-state index contributed by atoms with van der Waals surface area (Å²) in [5, 5.41) is 0. The van der Waals surface area contributed by atoms with Gasteiger partial charge in [-0.1, -0.05) is 250 Å². The minimum Gasteiger partial charge on any atom is -0.408 e. The number of aryl methyl sites for hydroxylation is 6. The lowest BCUT2D eigenvalue weighted by Crippen LogP contribution is -2.05. The molecule has 0 aliphatic heterocycles. The third-order valence-electron chi connectivity index (χ3n) is 13.4. The maximum absolute atomic E-state index is 6.70. The van der Waals surface area contributed by atoms with Crippen LogP contribution >= 0.6 is 8.60 Å². The summed E-state index contributed by atoms with van der Waals surface area (Å²) >= 11 is 0. The fourth-order valence-electron chi connectivity index (χ4n) is 9.19. The van der Waals surface area contributed by atoms with Gasteiger partial charge in [0.05, 0.1) is 0 Å². The molecule has 4 heteroatoms. The summed E-state index contributed by atoms with van der Waals surface area (Å²) in [6, 6.07) is 20.1. The van der Waals surface area contributed by atoms with E-state index >= 15 is 0 Å². The molecule has 0 spiro atoms. The van der Waals surface area contributed by atoms with Crippen molar-refractivity contribution in [3.63, 3.8) is 0 Å². The Morgan fingerprint density at radius 3 is 0.688 bits per heavy atom. The van der Waals surface area contributed by atoms with Crippen molar-refractivity contribution in [2.75, 3.05) is 0 Å². The Morgan fingerprint density at radius 2 is 0.484 bits per heavy atom. The molecule has 0 unspecified atom stereocenters. The molecule has 0 radical (unpaired) electrons. The van der Waals surface area contributed by atoms with Crippen LogP contribution in [0.1, 0.15) is 266 Å². The average molecular weight is 899 g/mol. The summed E-state index contributed by atoms with van der Waals surface area (Å²) in [5.74, 6) is 2.51. The maximum Gasteiger partial charge on any atom is 0.530 e. The fraction of sp³-hybridized carbons (Fsp3) is 0.700. The maximum atomic E-state index is 6.70. The van der Waals surface area contributed by atoms with Gasteiger partial charge in [0.2, 0.25) is 0 Å². The summed E-state index contributed by atoms with van der Waals surface area (Å²) in [4.78, 5) is 0. The van der Waals surface area contributed by atoms with Crippen molar-refractivity contribution < 1.29 is 13.6 Å². The van der Waals surface area contributed by atoms with Crippen molar-refractivity contribution in [2.45, 2.75) is 273 Å². The number of benzene rings is 3. The normalized spacial score (nSPS) is 11.5. The van der Waals surface area contributed by atoms with Gasteiger partial charge in [0.1, 0.15) is 17.2 Å². The van der Waals surface area contributed by atoms with E-state index in [0.29, 0.717) is 0 Å². The molecule has 0 fully saturated rings. The first-order valence-electron chi connectivity index (χ1n) is 27.6. The van der Waals surface area contributed by atoms with E-state index in [1.54, 1.807) is 0 Å². The van der Waals surface area contributed by atoms with Crippen molar-refractivity contribution in [2.24, 2.45) is 0 Å². The molecule has 0 bridgehead atoms. The molecule has 64 heavy (non-hydrogen) atoms. The highest BCUT2D eigenvalue weighted by atomic mass is 31.2. The van der Waals surface area contributed by atoms with Crippen LogP contribution in [0.5, 0.6) is 17.2 Å². The van der Waals surface area contributed by atoms with E-state index in [0.717, 1.165) is 53.2 Å². The monoisotopic (exact) mass is 899 g/mol. The van der Waals surface area contributed by atoms with Gasteiger partial charge in [0.25, 0.3) is 0 Å². The summed E-state index contributed by atoms with van der Waals surface area (Å²) in [6.45, 7) is 13.4. The Kier molecular flexibility index (Phi) is 32.8. The van der Waals surface area contributed by atoms with Gasteiger partial charge in [-0.05, 0) is 111 Å². The lowest BCUT2D eigenvalue weighted by atomic mass is 10.0. The van der Waals surface area contributed by atoms with E-state index in [-0.39, 0.29) is 0 Å². The quantitative estimate of drug-likeness (QED) is 0.0419. The van der Waals surface area contributed by atoms with Crippen LogP contribution in [0.3, 0.4) is 0 Å². The van der Waals surface area contributed by atoms with Gasteiger partial charge in [-0.3, -0.25) is 0 Å². The predicted octanol–water partition coefficient (Wildman–Crippen LogP) is 20.9. The molecule has 0 atom stereocenters. The molecule has 0 saturated carbocycles. The molecule has 3 aromatic carbocycles. The second kappa shape index (κ2) is 37.6. The number of hydrogen-bond donors (Lipinski definition) is 0. The van der Waals surface area contributed by atoms with Crippen LogP contribution in [0.4, 0.5) is 0 Å². The molecule has 0 N–H and O–H groups in total. The molecular weight excluding hydrogens is 800 g/mol. The Hall–Kier alpha value is -2.51. The van der Waals surface area contributed by atoms with Crippen molar-refractivity contribution in [3.05, 3.63) is 88.0 Å². The summed E-state index contributed by atoms with van der Waals surface area (Å²) in [7, 11) is -1.75. The second-order valence-corrected chi connectivity index (χ2v) is 20.6. The first-order chi connectivity index (χ1) is 31.4. The van der Waals surface area contributed by atoms with E-state index in [1.165, 1.54) is 229 Å². The zero-order valence-electron chi connectivity index (χ0n) is 42.8. The van der Waals surface area contributed by atoms with Crippen LogP contribution in [0.15, 0.2) is 54.6 Å². The third kappa shape index (κ3) is 26.6. The summed E-state index contributed by atoms with van der Waals surface area (Å²) in [6.07, 6.45) is 48.7. The summed E-state index contributed by atoms with van der Waals surface area (Å²) < 4.78 is 20.1. The average Bonchev–Trinajstić information content (AvgIpc) is 3.29. The van der Waals surface area contributed by atoms with Crippen molar-refractivity contribution >= 4 is 8.60 Å². The van der Waals surface area contributed by atoms with Gasteiger partial charge < -0.3 is 13.6 Å². The molecule has 3 rings (SSSR count). The molecule has 0 aliphatic carbocycles. The van der Waals surface area contributed by atoms with E-state index in [2.05, 4.69) is 96.1 Å². The molecular formula is C60H99O3P. The largest absolute Gasteiger partial charge is 0.530 e. The lowest BCUT2D eigenvalue weighted by molar-refractivity contribution is 0.384. The Bertz CT molecular complexity index is 1380. The highest BCUT2D eigenvalue weighted by Gasteiger charge is 2.23.